The number of hydrogen-bond acceptors (Lipinski definition) is 1. The highest BCUT2D eigenvalue weighted by Crippen LogP contribution is 2.27. The fourth-order valence-electron chi connectivity index (χ4n) is 1.22. The average Bonchev–Trinajstić information content (AvgIpc) is 1.79. The van der Waals surface area contributed by atoms with Crippen molar-refractivity contribution in [3.8, 4) is 0 Å². The molecule has 0 aliphatic heterocycles. The van der Waals surface area contributed by atoms with E-state index in [1.54, 1.807) is 0 Å². The first-order chi connectivity index (χ1) is 5.91. The smallest absolute Gasteiger partial charge is 0.223 e. The first-order valence-corrected chi connectivity index (χ1v) is 5.21. The van der Waals surface area contributed by atoms with Crippen molar-refractivity contribution in [2.24, 2.45) is 11.3 Å². The van der Waals surface area contributed by atoms with Crippen molar-refractivity contribution in [2.75, 3.05) is 0 Å². The quantitative estimate of drug-likeness (QED) is 0.699. The largest absolute Gasteiger partial charge is 0.353 e. The van der Waals surface area contributed by atoms with Crippen molar-refractivity contribution in [3.63, 3.8) is 0 Å². The van der Waals surface area contributed by atoms with Gasteiger partial charge in [-0.15, -0.1) is 0 Å². The van der Waals surface area contributed by atoms with E-state index in [0.717, 1.165) is 12.8 Å². The minimum Gasteiger partial charge on any atom is -0.353 e. The molecule has 1 N–H and O–H groups in total. The van der Waals surface area contributed by atoms with E-state index in [0.29, 0.717) is 5.92 Å². The molecule has 1 atom stereocenters. The van der Waals surface area contributed by atoms with Crippen LogP contribution in [0.2, 0.25) is 0 Å². The zero-order chi connectivity index (χ0) is 10.1. The van der Waals surface area contributed by atoms with Crippen LogP contribution < -0.4 is 5.32 Å². The zero-order valence-corrected chi connectivity index (χ0v) is 9.18. The molecule has 0 heterocycles. The average molecular weight is 183 g/mol. The molecule has 2 nitrogen and oxygen atoms in total. The standard InChI is InChI=1S/C11H21NO/c1-8(11(2,3)4)12-10(13)9-6-5-7-9/h8-9H,5-7H2,1-4H3,(H,12,13). The van der Waals surface area contributed by atoms with Gasteiger partial charge in [-0.2, -0.15) is 0 Å². The maximum Gasteiger partial charge on any atom is 0.223 e. The molecule has 0 aromatic heterocycles. The lowest BCUT2D eigenvalue weighted by Gasteiger charge is -2.32. The number of carbonyl (C=O) groups is 1. The van der Waals surface area contributed by atoms with E-state index < -0.39 is 0 Å². The van der Waals surface area contributed by atoms with Crippen LogP contribution in [-0.2, 0) is 4.79 Å². The molecule has 76 valence electrons. The van der Waals surface area contributed by atoms with E-state index in [9.17, 15) is 4.79 Å². The fourth-order valence-corrected chi connectivity index (χ4v) is 1.22. The maximum absolute atomic E-state index is 11.6. The van der Waals surface area contributed by atoms with E-state index in [-0.39, 0.29) is 17.4 Å². The number of rotatable bonds is 2. The summed E-state index contributed by atoms with van der Waals surface area (Å²) in [4.78, 5) is 11.6. The third-order valence-corrected chi connectivity index (χ3v) is 3.13. The summed E-state index contributed by atoms with van der Waals surface area (Å²) in [6.07, 6.45) is 3.40. The van der Waals surface area contributed by atoms with Crippen molar-refractivity contribution in [3.05, 3.63) is 0 Å². The number of hydrogen-bond donors (Lipinski definition) is 1. The summed E-state index contributed by atoms with van der Waals surface area (Å²) >= 11 is 0. The summed E-state index contributed by atoms with van der Waals surface area (Å²) in [7, 11) is 0. The molecular formula is C11H21NO. The summed E-state index contributed by atoms with van der Waals surface area (Å²) in [5, 5.41) is 3.08. The van der Waals surface area contributed by atoms with Crippen molar-refractivity contribution in [1.82, 2.24) is 5.32 Å². The summed E-state index contributed by atoms with van der Waals surface area (Å²) in [6.45, 7) is 8.53. The Bertz CT molecular complexity index is 189. The van der Waals surface area contributed by atoms with Gasteiger partial charge in [0.05, 0.1) is 0 Å². The Morgan fingerprint density at radius 1 is 1.38 bits per heavy atom. The normalized spacial score (nSPS) is 20.6. The van der Waals surface area contributed by atoms with Gasteiger partial charge in [-0.05, 0) is 25.2 Å². The van der Waals surface area contributed by atoms with E-state index in [2.05, 4.69) is 33.0 Å². The summed E-state index contributed by atoms with van der Waals surface area (Å²) in [5.41, 5.74) is 0.166. The van der Waals surface area contributed by atoms with Gasteiger partial charge >= 0.3 is 0 Å². The minimum atomic E-state index is 0.166. The molecule has 1 aliphatic carbocycles. The van der Waals surface area contributed by atoms with E-state index >= 15 is 0 Å². The van der Waals surface area contributed by atoms with Gasteiger partial charge in [-0.3, -0.25) is 4.79 Å². The molecule has 1 unspecified atom stereocenters. The van der Waals surface area contributed by atoms with Gasteiger partial charge in [0.2, 0.25) is 5.91 Å². The molecule has 0 bridgehead atoms. The second-order valence-corrected chi connectivity index (χ2v) is 5.22. The van der Waals surface area contributed by atoms with Gasteiger partial charge in [0.15, 0.2) is 0 Å². The van der Waals surface area contributed by atoms with E-state index in [4.69, 9.17) is 0 Å². The van der Waals surface area contributed by atoms with Crippen LogP contribution in [0, 0.1) is 11.3 Å². The van der Waals surface area contributed by atoms with Crippen LogP contribution in [0.5, 0.6) is 0 Å². The molecule has 1 rings (SSSR count). The second-order valence-electron chi connectivity index (χ2n) is 5.22. The lowest BCUT2D eigenvalue weighted by molar-refractivity contribution is -0.128. The molecule has 1 saturated carbocycles. The molecule has 13 heavy (non-hydrogen) atoms. The summed E-state index contributed by atoms with van der Waals surface area (Å²) in [6, 6.07) is 0.264. The molecule has 1 fully saturated rings. The first kappa shape index (κ1) is 10.6. The van der Waals surface area contributed by atoms with Crippen LogP contribution in [0.25, 0.3) is 0 Å². The van der Waals surface area contributed by atoms with E-state index in [1.807, 2.05) is 0 Å². The lowest BCUT2D eigenvalue weighted by atomic mass is 9.83. The van der Waals surface area contributed by atoms with Crippen molar-refractivity contribution in [2.45, 2.75) is 53.0 Å². The monoisotopic (exact) mass is 183 g/mol. The second kappa shape index (κ2) is 3.69. The SMILES string of the molecule is CC(NC(=O)C1CCC1)C(C)(C)C. The van der Waals surface area contributed by atoms with Gasteiger partial charge in [0.25, 0.3) is 0 Å². The summed E-state index contributed by atoms with van der Waals surface area (Å²) in [5.74, 6) is 0.568. The molecule has 0 saturated heterocycles. The Morgan fingerprint density at radius 2 is 1.92 bits per heavy atom. The molecule has 1 amide bonds. The molecular weight excluding hydrogens is 162 g/mol. The van der Waals surface area contributed by atoms with Gasteiger partial charge in [-0.25, -0.2) is 0 Å². The van der Waals surface area contributed by atoms with Crippen LogP contribution in [-0.4, -0.2) is 11.9 Å². The summed E-state index contributed by atoms with van der Waals surface area (Å²) < 4.78 is 0. The van der Waals surface area contributed by atoms with Crippen LogP contribution in [0.15, 0.2) is 0 Å². The van der Waals surface area contributed by atoms with Crippen molar-refractivity contribution < 1.29 is 4.79 Å². The first-order valence-electron chi connectivity index (χ1n) is 5.21. The number of carbonyl (C=O) groups excluding carboxylic acids is 1. The minimum absolute atomic E-state index is 0.166. The highest BCUT2D eigenvalue weighted by atomic mass is 16.2. The highest BCUT2D eigenvalue weighted by Gasteiger charge is 2.28. The number of nitrogens with one attached hydrogen (secondary N) is 1. The van der Waals surface area contributed by atoms with Crippen molar-refractivity contribution in [1.29, 1.82) is 0 Å². The van der Waals surface area contributed by atoms with Gasteiger partial charge in [0.1, 0.15) is 0 Å². The maximum atomic E-state index is 11.6. The van der Waals surface area contributed by atoms with Crippen LogP contribution in [0.1, 0.15) is 47.0 Å². The van der Waals surface area contributed by atoms with Crippen LogP contribution >= 0.6 is 0 Å². The predicted molar refractivity (Wildman–Crippen MR) is 54.4 cm³/mol. The van der Waals surface area contributed by atoms with Gasteiger partial charge in [-0.1, -0.05) is 27.2 Å². The Labute approximate surface area is 81.1 Å². The van der Waals surface area contributed by atoms with Crippen LogP contribution in [0.4, 0.5) is 0 Å². The molecule has 0 spiro atoms. The lowest BCUT2D eigenvalue weighted by Crippen LogP contribution is -2.45. The van der Waals surface area contributed by atoms with Gasteiger partial charge < -0.3 is 5.32 Å². The third kappa shape index (κ3) is 2.71. The Kier molecular flexibility index (Phi) is 2.99. The molecule has 0 aromatic rings. The third-order valence-electron chi connectivity index (χ3n) is 3.13. The van der Waals surface area contributed by atoms with E-state index in [1.165, 1.54) is 6.42 Å². The Morgan fingerprint density at radius 3 is 2.23 bits per heavy atom. The topological polar surface area (TPSA) is 29.1 Å². The zero-order valence-electron chi connectivity index (χ0n) is 9.18. The van der Waals surface area contributed by atoms with Gasteiger partial charge in [0, 0.05) is 12.0 Å². The molecule has 0 aromatic carbocycles. The highest BCUT2D eigenvalue weighted by molar-refractivity contribution is 5.79. The fraction of sp³-hybridized carbons (Fsp3) is 0.909. The Balaban J connectivity index is 2.35. The molecule has 0 radical (unpaired) electrons. The molecule has 2 heteroatoms. The molecule has 1 aliphatic rings. The van der Waals surface area contributed by atoms with Crippen LogP contribution in [0.3, 0.4) is 0 Å². The Hall–Kier alpha value is -0.530. The predicted octanol–water partition coefficient (Wildman–Crippen LogP) is 2.34. The number of amides is 1. The van der Waals surface area contributed by atoms with Crippen molar-refractivity contribution >= 4 is 5.91 Å².